The Morgan fingerprint density at radius 1 is 0.950 bits per heavy atom. The fourth-order valence-electron chi connectivity index (χ4n) is 5.35. The Morgan fingerprint density at radius 2 is 1.52 bits per heavy atom. The Morgan fingerprint density at radius 3 is 2.05 bits per heavy atom. The first-order chi connectivity index (χ1) is 18.6. The van der Waals surface area contributed by atoms with Gasteiger partial charge in [-0.15, -0.1) is 0 Å². The Bertz CT molecular complexity index is 981. The number of allylic oxidation sites excluding steroid dienone is 3. The summed E-state index contributed by atoms with van der Waals surface area (Å²) in [4.78, 5) is 60.1. The maximum atomic E-state index is 12.7. The number of ether oxygens (including phenoxy) is 3. The zero-order chi connectivity index (χ0) is 30.7. The van der Waals surface area contributed by atoms with E-state index in [0.717, 1.165) is 24.3 Å². The first kappa shape index (κ1) is 34.9. The molecule has 0 aromatic heterocycles. The van der Waals surface area contributed by atoms with Crippen LogP contribution in [0.15, 0.2) is 23.3 Å². The summed E-state index contributed by atoms with van der Waals surface area (Å²) in [5, 5.41) is 18.5. The molecule has 10 nitrogen and oxygen atoms in total. The Balaban J connectivity index is 2.91. The van der Waals surface area contributed by atoms with Gasteiger partial charge in [-0.2, -0.15) is 0 Å². The van der Waals surface area contributed by atoms with Crippen LogP contribution in [-0.4, -0.2) is 59.4 Å². The number of hydrogen-bond donors (Lipinski definition) is 2. The van der Waals surface area contributed by atoms with Crippen molar-refractivity contribution in [3.63, 3.8) is 0 Å². The quantitative estimate of drug-likeness (QED) is 0.115. The minimum atomic E-state index is -1.97. The van der Waals surface area contributed by atoms with Crippen LogP contribution in [-0.2, 0) is 38.2 Å². The SMILES string of the molecule is CCC(C)CC(C)CC(C)CC(C)/C=C(C)/C=C(\CC(C)C(=O)OC1C(=O)OC(C(=O)O)C1C(=O)O)C(=O)OC. The number of carbonyl (C=O) groups is 5. The van der Waals surface area contributed by atoms with Gasteiger partial charge in [0.05, 0.1) is 13.0 Å². The maximum absolute atomic E-state index is 12.7. The van der Waals surface area contributed by atoms with Crippen LogP contribution in [0.3, 0.4) is 0 Å². The molecule has 0 aromatic carbocycles. The average molecular weight is 567 g/mol. The van der Waals surface area contributed by atoms with E-state index in [2.05, 4.69) is 45.4 Å². The second-order valence-corrected chi connectivity index (χ2v) is 11.5. The van der Waals surface area contributed by atoms with Crippen molar-refractivity contribution >= 4 is 29.8 Å². The maximum Gasteiger partial charge on any atom is 0.349 e. The summed E-state index contributed by atoms with van der Waals surface area (Å²) in [7, 11) is 1.22. The molecule has 1 aliphatic heterocycles. The van der Waals surface area contributed by atoms with Crippen molar-refractivity contribution in [1.29, 1.82) is 0 Å². The first-order valence-electron chi connectivity index (χ1n) is 13.9. The summed E-state index contributed by atoms with van der Waals surface area (Å²) < 4.78 is 14.6. The van der Waals surface area contributed by atoms with E-state index >= 15 is 0 Å². The molecule has 1 rings (SSSR count). The van der Waals surface area contributed by atoms with Gasteiger partial charge in [-0.25, -0.2) is 14.4 Å². The van der Waals surface area contributed by atoms with Crippen LogP contribution in [0.25, 0.3) is 0 Å². The van der Waals surface area contributed by atoms with Gasteiger partial charge in [0.15, 0.2) is 5.92 Å². The van der Waals surface area contributed by atoms with Gasteiger partial charge in [-0.05, 0) is 62.4 Å². The Labute approximate surface area is 237 Å². The Kier molecular flexibility index (Phi) is 14.1. The van der Waals surface area contributed by atoms with E-state index in [1.807, 2.05) is 6.92 Å². The number of aliphatic carboxylic acids is 2. The fourth-order valence-corrected chi connectivity index (χ4v) is 5.35. The molecule has 0 aliphatic carbocycles. The summed E-state index contributed by atoms with van der Waals surface area (Å²) in [5.74, 6) is -6.84. The van der Waals surface area contributed by atoms with E-state index in [1.165, 1.54) is 26.9 Å². The number of cyclic esters (lactones) is 1. The number of esters is 3. The van der Waals surface area contributed by atoms with E-state index in [1.54, 1.807) is 6.08 Å². The number of carbonyl (C=O) groups excluding carboxylic acids is 3. The number of carboxylic acid groups (broad SMARTS) is 2. The third-order valence-corrected chi connectivity index (χ3v) is 7.31. The lowest BCUT2D eigenvalue weighted by molar-refractivity contribution is -0.166. The molecule has 0 bridgehead atoms. The van der Waals surface area contributed by atoms with E-state index in [0.29, 0.717) is 11.8 Å². The first-order valence-corrected chi connectivity index (χ1v) is 13.9. The monoisotopic (exact) mass is 566 g/mol. The van der Waals surface area contributed by atoms with Crippen LogP contribution in [0.1, 0.15) is 80.6 Å². The van der Waals surface area contributed by atoms with Crippen LogP contribution < -0.4 is 0 Å². The van der Waals surface area contributed by atoms with Gasteiger partial charge >= 0.3 is 29.8 Å². The lowest BCUT2D eigenvalue weighted by Gasteiger charge is -2.21. The van der Waals surface area contributed by atoms with E-state index in [-0.39, 0.29) is 17.9 Å². The van der Waals surface area contributed by atoms with Crippen molar-refractivity contribution in [3.05, 3.63) is 23.3 Å². The highest BCUT2D eigenvalue weighted by Crippen LogP contribution is 2.29. The van der Waals surface area contributed by atoms with E-state index < -0.39 is 53.9 Å². The molecule has 8 unspecified atom stereocenters. The van der Waals surface area contributed by atoms with Gasteiger partial charge in [0.1, 0.15) is 0 Å². The molecule has 226 valence electrons. The molecule has 1 fully saturated rings. The van der Waals surface area contributed by atoms with Crippen LogP contribution in [0.5, 0.6) is 0 Å². The van der Waals surface area contributed by atoms with Crippen molar-refractivity contribution in [2.45, 2.75) is 92.8 Å². The lowest BCUT2D eigenvalue weighted by atomic mass is 9.84. The highest BCUT2D eigenvalue weighted by atomic mass is 16.6. The molecule has 0 amide bonds. The van der Waals surface area contributed by atoms with Crippen molar-refractivity contribution in [2.24, 2.45) is 35.5 Å². The summed E-state index contributed by atoms with van der Waals surface area (Å²) in [6.07, 6.45) is 4.28. The minimum absolute atomic E-state index is 0.101. The zero-order valence-electron chi connectivity index (χ0n) is 25.0. The Hall–Kier alpha value is -3.17. The van der Waals surface area contributed by atoms with Gasteiger partial charge in [-0.1, -0.05) is 59.6 Å². The third-order valence-electron chi connectivity index (χ3n) is 7.31. The van der Waals surface area contributed by atoms with Crippen LogP contribution in [0, 0.1) is 35.5 Å². The second kappa shape index (κ2) is 16.2. The normalized spacial score (nSPS) is 23.4. The average Bonchev–Trinajstić information content (AvgIpc) is 3.18. The molecule has 1 aliphatic rings. The molecule has 10 heteroatoms. The molecule has 0 aromatic rings. The van der Waals surface area contributed by atoms with E-state index in [4.69, 9.17) is 14.6 Å². The molecule has 0 radical (unpaired) electrons. The predicted molar refractivity (Wildman–Crippen MR) is 147 cm³/mol. The summed E-state index contributed by atoms with van der Waals surface area (Å²) in [6.45, 7) is 14.5. The lowest BCUT2D eigenvalue weighted by Crippen LogP contribution is -2.40. The summed E-state index contributed by atoms with van der Waals surface area (Å²) in [5.41, 5.74) is 1.03. The smallest absolute Gasteiger partial charge is 0.349 e. The van der Waals surface area contributed by atoms with Crippen LogP contribution in [0.4, 0.5) is 0 Å². The molecule has 2 N–H and O–H groups in total. The largest absolute Gasteiger partial charge is 0.481 e. The van der Waals surface area contributed by atoms with Gasteiger partial charge in [-0.3, -0.25) is 9.59 Å². The molecule has 0 saturated carbocycles. The van der Waals surface area contributed by atoms with Crippen LogP contribution in [0.2, 0.25) is 0 Å². The predicted octanol–water partition coefficient (Wildman–Crippen LogP) is 4.81. The van der Waals surface area contributed by atoms with Crippen molar-refractivity contribution in [1.82, 2.24) is 0 Å². The van der Waals surface area contributed by atoms with E-state index in [9.17, 15) is 29.1 Å². The van der Waals surface area contributed by atoms with Crippen LogP contribution >= 0.6 is 0 Å². The molecule has 0 spiro atoms. The number of methoxy groups -OCH3 is 1. The number of rotatable bonds is 16. The van der Waals surface area contributed by atoms with Crippen molar-refractivity contribution in [3.8, 4) is 0 Å². The third kappa shape index (κ3) is 10.8. The summed E-state index contributed by atoms with van der Waals surface area (Å²) >= 11 is 0. The van der Waals surface area contributed by atoms with Gasteiger partial charge in [0.25, 0.3) is 0 Å². The highest BCUT2D eigenvalue weighted by Gasteiger charge is 2.55. The highest BCUT2D eigenvalue weighted by molar-refractivity contribution is 5.95. The molecular weight excluding hydrogens is 520 g/mol. The molecule has 1 saturated heterocycles. The molecule has 40 heavy (non-hydrogen) atoms. The fraction of sp³-hybridized carbons (Fsp3) is 0.700. The van der Waals surface area contributed by atoms with Gasteiger partial charge < -0.3 is 24.4 Å². The standard InChI is InChI=1S/C30H46O10/c1-9-16(2)10-17(3)11-18(4)12-19(5)13-20(6)14-22(29(36)38-8)15-21(7)28(35)40-25-23(26(31)32)24(27(33)34)39-30(25)37/h13-14,16-19,21,23-25H,9-12,15H2,1-8H3,(H,31,32)(H,33,34)/b20-13+,22-14+. The topological polar surface area (TPSA) is 154 Å². The summed E-state index contributed by atoms with van der Waals surface area (Å²) in [6, 6.07) is 0. The zero-order valence-corrected chi connectivity index (χ0v) is 25.0. The number of hydrogen-bond acceptors (Lipinski definition) is 8. The van der Waals surface area contributed by atoms with Gasteiger partial charge in [0, 0.05) is 5.57 Å². The molecular formula is C30H46O10. The minimum Gasteiger partial charge on any atom is -0.481 e. The molecule has 1 heterocycles. The second-order valence-electron chi connectivity index (χ2n) is 11.5. The van der Waals surface area contributed by atoms with Crippen molar-refractivity contribution < 1.29 is 48.4 Å². The number of carboxylic acids is 2. The van der Waals surface area contributed by atoms with Gasteiger partial charge in [0.2, 0.25) is 12.2 Å². The molecule has 8 atom stereocenters. The van der Waals surface area contributed by atoms with Crippen molar-refractivity contribution in [2.75, 3.05) is 7.11 Å².